The van der Waals surface area contributed by atoms with Gasteiger partial charge in [-0.15, -0.1) is 0 Å². The molecule has 0 aliphatic rings. The summed E-state index contributed by atoms with van der Waals surface area (Å²) in [5.74, 6) is -0.0795. The van der Waals surface area contributed by atoms with Gasteiger partial charge in [0, 0.05) is 31.9 Å². The van der Waals surface area contributed by atoms with Gasteiger partial charge in [0.05, 0.1) is 38.1 Å². The molecule has 1 amide bonds. The van der Waals surface area contributed by atoms with E-state index in [0.29, 0.717) is 11.4 Å². The Labute approximate surface area is 160 Å². The van der Waals surface area contributed by atoms with E-state index in [-0.39, 0.29) is 22.7 Å². The number of methoxy groups -OCH3 is 3. The van der Waals surface area contributed by atoms with Crippen molar-refractivity contribution in [3.63, 3.8) is 0 Å². The highest BCUT2D eigenvalue weighted by Crippen LogP contribution is 2.38. The molecule has 6 nitrogen and oxygen atoms in total. The number of rotatable bonds is 6. The Kier molecular flexibility index (Phi) is 6.27. The van der Waals surface area contributed by atoms with Crippen LogP contribution in [0.3, 0.4) is 0 Å². The number of nitrogens with zero attached hydrogens (tertiary/aromatic N) is 1. The first-order valence-corrected chi connectivity index (χ1v) is 8.12. The summed E-state index contributed by atoms with van der Waals surface area (Å²) >= 11 is 0. The van der Waals surface area contributed by atoms with Crippen LogP contribution in [0.1, 0.15) is 15.9 Å². The monoisotopic (exact) mass is 398 g/mol. The van der Waals surface area contributed by atoms with E-state index in [9.17, 15) is 18.0 Å². The van der Waals surface area contributed by atoms with E-state index in [1.807, 2.05) is 0 Å². The molecule has 0 spiro atoms. The fraction of sp³-hybridized carbons (Fsp3) is 0.316. The highest BCUT2D eigenvalue weighted by molar-refractivity contribution is 6.07. The lowest BCUT2D eigenvalue weighted by molar-refractivity contribution is -0.136. The van der Waals surface area contributed by atoms with E-state index in [2.05, 4.69) is 5.32 Å². The molecule has 0 fully saturated rings. The number of carbonyl (C=O) groups is 1. The topological polar surface area (TPSA) is 60.0 Å². The Morgan fingerprint density at radius 2 is 1.50 bits per heavy atom. The summed E-state index contributed by atoms with van der Waals surface area (Å²) in [6, 6.07) is 6.43. The standard InChI is InChI=1S/C19H21F3N2O4/c1-24(2)11-6-7-14(13(8-11)19(20,21)22)23-18(25)12-9-16(27-4)17(28-5)10-15(12)26-3/h6-10H,1-5H3,(H,23,25). The van der Waals surface area contributed by atoms with Crippen molar-refractivity contribution in [2.75, 3.05) is 45.6 Å². The Balaban J connectivity index is 2.48. The van der Waals surface area contributed by atoms with Crippen molar-refractivity contribution in [1.29, 1.82) is 0 Å². The molecule has 28 heavy (non-hydrogen) atoms. The number of anilines is 2. The maximum atomic E-state index is 13.5. The highest BCUT2D eigenvalue weighted by Gasteiger charge is 2.34. The zero-order valence-electron chi connectivity index (χ0n) is 16.1. The Bertz CT molecular complexity index is 867. The molecule has 0 bridgehead atoms. The summed E-state index contributed by atoms with van der Waals surface area (Å²) in [4.78, 5) is 14.2. The third-order valence-corrected chi connectivity index (χ3v) is 4.02. The molecule has 0 aliphatic heterocycles. The summed E-state index contributed by atoms with van der Waals surface area (Å²) < 4.78 is 55.9. The number of benzene rings is 2. The van der Waals surface area contributed by atoms with Gasteiger partial charge in [0.1, 0.15) is 5.75 Å². The SMILES string of the molecule is COc1cc(OC)c(C(=O)Nc2ccc(N(C)C)cc2C(F)(F)F)cc1OC. The molecule has 0 saturated carbocycles. The zero-order valence-corrected chi connectivity index (χ0v) is 16.1. The quantitative estimate of drug-likeness (QED) is 0.796. The number of hydrogen-bond acceptors (Lipinski definition) is 5. The highest BCUT2D eigenvalue weighted by atomic mass is 19.4. The molecule has 9 heteroatoms. The van der Waals surface area contributed by atoms with E-state index in [4.69, 9.17) is 14.2 Å². The number of hydrogen-bond donors (Lipinski definition) is 1. The van der Waals surface area contributed by atoms with Crippen LogP contribution in [0.15, 0.2) is 30.3 Å². The van der Waals surface area contributed by atoms with Crippen molar-refractivity contribution < 1.29 is 32.2 Å². The number of amides is 1. The van der Waals surface area contributed by atoms with Crippen molar-refractivity contribution in [1.82, 2.24) is 0 Å². The van der Waals surface area contributed by atoms with Crippen LogP contribution in [0, 0.1) is 0 Å². The van der Waals surface area contributed by atoms with E-state index in [0.717, 1.165) is 6.07 Å². The minimum Gasteiger partial charge on any atom is -0.496 e. The molecule has 1 N–H and O–H groups in total. The van der Waals surface area contributed by atoms with Crippen LogP contribution in [0.25, 0.3) is 0 Å². The zero-order chi connectivity index (χ0) is 21.1. The fourth-order valence-electron chi connectivity index (χ4n) is 2.55. The molecule has 0 heterocycles. The van der Waals surface area contributed by atoms with Gasteiger partial charge < -0.3 is 24.4 Å². The number of nitrogens with one attached hydrogen (secondary N) is 1. The van der Waals surface area contributed by atoms with Gasteiger partial charge in [-0.3, -0.25) is 4.79 Å². The third-order valence-electron chi connectivity index (χ3n) is 4.02. The van der Waals surface area contributed by atoms with Gasteiger partial charge in [-0.25, -0.2) is 0 Å². The average Bonchev–Trinajstić information content (AvgIpc) is 2.65. The van der Waals surface area contributed by atoms with Crippen LogP contribution in [-0.2, 0) is 6.18 Å². The smallest absolute Gasteiger partial charge is 0.418 e. The van der Waals surface area contributed by atoms with Crippen LogP contribution in [0.4, 0.5) is 24.5 Å². The summed E-state index contributed by atoms with van der Waals surface area (Å²) in [5, 5.41) is 2.31. The van der Waals surface area contributed by atoms with Gasteiger partial charge in [0.2, 0.25) is 0 Å². The van der Waals surface area contributed by atoms with E-state index >= 15 is 0 Å². The van der Waals surface area contributed by atoms with Crippen LogP contribution in [-0.4, -0.2) is 41.3 Å². The Morgan fingerprint density at radius 3 is 2.00 bits per heavy atom. The fourth-order valence-corrected chi connectivity index (χ4v) is 2.55. The first-order valence-electron chi connectivity index (χ1n) is 8.12. The first kappa shape index (κ1) is 21.2. The van der Waals surface area contributed by atoms with Gasteiger partial charge in [0.25, 0.3) is 5.91 Å². The Morgan fingerprint density at radius 1 is 0.929 bits per heavy atom. The maximum absolute atomic E-state index is 13.5. The lowest BCUT2D eigenvalue weighted by Gasteiger charge is -2.19. The average molecular weight is 398 g/mol. The number of ether oxygens (including phenoxy) is 3. The molecule has 0 aliphatic carbocycles. The first-order chi connectivity index (χ1) is 13.1. The van der Waals surface area contributed by atoms with E-state index in [1.165, 1.54) is 50.5 Å². The number of alkyl halides is 3. The molecular formula is C19H21F3N2O4. The molecule has 0 saturated heterocycles. The second kappa shape index (κ2) is 8.28. The van der Waals surface area contributed by atoms with Crippen molar-refractivity contribution in [2.45, 2.75) is 6.18 Å². The summed E-state index contributed by atoms with van der Waals surface area (Å²) in [5.41, 5.74) is -0.953. The lowest BCUT2D eigenvalue weighted by Crippen LogP contribution is -2.18. The van der Waals surface area contributed by atoms with Crippen LogP contribution in [0.5, 0.6) is 17.2 Å². The molecule has 2 aromatic rings. The third kappa shape index (κ3) is 4.41. The van der Waals surface area contributed by atoms with E-state index in [1.54, 1.807) is 14.1 Å². The van der Waals surface area contributed by atoms with E-state index < -0.39 is 17.6 Å². The lowest BCUT2D eigenvalue weighted by atomic mass is 10.1. The largest absolute Gasteiger partial charge is 0.496 e. The van der Waals surface area contributed by atoms with Gasteiger partial charge in [-0.05, 0) is 18.2 Å². The second-order valence-electron chi connectivity index (χ2n) is 5.98. The molecule has 0 radical (unpaired) electrons. The normalized spacial score (nSPS) is 11.0. The van der Waals surface area contributed by atoms with Crippen molar-refractivity contribution in [3.8, 4) is 17.2 Å². The summed E-state index contributed by atoms with van der Waals surface area (Å²) in [6.45, 7) is 0. The molecule has 152 valence electrons. The molecule has 2 rings (SSSR count). The molecule has 2 aromatic carbocycles. The molecule has 0 unspecified atom stereocenters. The van der Waals surface area contributed by atoms with Crippen molar-refractivity contribution in [2.24, 2.45) is 0 Å². The summed E-state index contributed by atoms with van der Waals surface area (Å²) in [6.07, 6.45) is -4.64. The predicted molar refractivity (Wildman–Crippen MR) is 99.8 cm³/mol. The summed E-state index contributed by atoms with van der Waals surface area (Å²) in [7, 11) is 7.39. The van der Waals surface area contributed by atoms with Crippen molar-refractivity contribution in [3.05, 3.63) is 41.5 Å². The van der Waals surface area contributed by atoms with Gasteiger partial charge >= 0.3 is 6.18 Å². The van der Waals surface area contributed by atoms with Gasteiger partial charge in [-0.1, -0.05) is 0 Å². The van der Waals surface area contributed by atoms with Crippen LogP contribution in [0.2, 0.25) is 0 Å². The molecule has 0 aromatic heterocycles. The predicted octanol–water partition coefficient (Wildman–Crippen LogP) is 4.05. The minimum atomic E-state index is -4.64. The van der Waals surface area contributed by atoms with Gasteiger partial charge in [-0.2, -0.15) is 13.2 Å². The molecular weight excluding hydrogens is 377 g/mol. The van der Waals surface area contributed by atoms with Crippen LogP contribution < -0.4 is 24.4 Å². The van der Waals surface area contributed by atoms with Crippen molar-refractivity contribution >= 4 is 17.3 Å². The van der Waals surface area contributed by atoms with Crippen LogP contribution >= 0.6 is 0 Å². The second-order valence-corrected chi connectivity index (χ2v) is 5.98. The maximum Gasteiger partial charge on any atom is 0.418 e. The van der Waals surface area contributed by atoms with Gasteiger partial charge in [0.15, 0.2) is 11.5 Å². The Hall–Kier alpha value is -3.10. The number of carbonyl (C=O) groups excluding carboxylic acids is 1. The minimum absolute atomic E-state index is 0.00459. The number of halogens is 3. The molecule has 0 atom stereocenters.